The summed E-state index contributed by atoms with van der Waals surface area (Å²) >= 11 is 0. The molecule has 5 saturated carbocycles. The van der Waals surface area contributed by atoms with Crippen LogP contribution >= 0.6 is 0 Å². The first-order chi connectivity index (χ1) is 26.8. The van der Waals surface area contributed by atoms with E-state index in [1.807, 2.05) is 12.1 Å². The van der Waals surface area contributed by atoms with Crippen LogP contribution in [0.1, 0.15) is 135 Å². The smallest absolute Gasteiger partial charge is 0.264 e. The fourth-order valence-corrected chi connectivity index (χ4v) is 17.5. The summed E-state index contributed by atoms with van der Waals surface area (Å²) in [7, 11) is -6.43. The second-order valence-corrected chi connectivity index (χ2v) is 25.6. The van der Waals surface area contributed by atoms with Crippen LogP contribution in [0.5, 0.6) is 0 Å². The Morgan fingerprint density at radius 3 is 2.25 bits per heavy atom. The monoisotopic (exact) mass is 821 g/mol. The Kier molecular flexibility index (Phi) is 10.7. The van der Waals surface area contributed by atoms with Crippen LogP contribution in [-0.2, 0) is 19.9 Å². The highest BCUT2D eigenvalue weighted by atomic mass is 32.2. The summed E-state index contributed by atoms with van der Waals surface area (Å²) in [6.45, 7) is 24.3. The lowest BCUT2D eigenvalue weighted by molar-refractivity contribution is -0.225. The molecular formula is C47H71N3O5S2. The molecule has 8 rings (SSSR count). The van der Waals surface area contributed by atoms with E-state index in [1.165, 1.54) is 62.5 Å². The molecule has 0 spiro atoms. The number of hydrogen-bond acceptors (Lipinski definition) is 7. The van der Waals surface area contributed by atoms with Crippen molar-refractivity contribution in [2.45, 2.75) is 124 Å². The number of nitrogens with one attached hydrogen (secondary N) is 2. The molecule has 1 aliphatic heterocycles. The molecule has 9 atom stereocenters. The van der Waals surface area contributed by atoms with Crippen LogP contribution < -0.4 is 10.0 Å². The number of sulfone groups is 1. The van der Waals surface area contributed by atoms with Gasteiger partial charge in [0.1, 0.15) is 0 Å². The summed E-state index contributed by atoms with van der Waals surface area (Å²) in [5.74, 6) is 3.24. The highest BCUT2D eigenvalue weighted by molar-refractivity contribution is 7.91. The van der Waals surface area contributed by atoms with Gasteiger partial charge in [-0.2, -0.15) is 0 Å². The SMILES string of the molecule is C=C(C)[C@@H]1CC[C@]2(CNCCCN3CCS(=O)(=O)CC3)CC[C@]3(C)[C@H](CC[C@@H]4[C@@]5(C)CC=C(c6ccc(C(=O)NS(=O)(=O)C7CC7)cc6)C(C)(C)[C@@H]5CC[C@]43C)[C@@H]12. The minimum atomic E-state index is -3.59. The molecule has 1 saturated heterocycles. The van der Waals surface area contributed by atoms with Gasteiger partial charge >= 0.3 is 0 Å². The third-order valence-corrected chi connectivity index (χ3v) is 21.6. The number of sulfonamides is 1. The van der Waals surface area contributed by atoms with Gasteiger partial charge < -0.3 is 10.2 Å². The Hall–Kier alpha value is -2.01. The summed E-state index contributed by atoms with van der Waals surface area (Å²) < 4.78 is 50.9. The van der Waals surface area contributed by atoms with Crippen LogP contribution in [0.2, 0.25) is 0 Å². The third kappa shape index (κ3) is 7.04. The molecule has 316 valence electrons. The first kappa shape index (κ1) is 41.7. The van der Waals surface area contributed by atoms with Crippen LogP contribution in [0.15, 0.2) is 42.5 Å². The zero-order valence-corrected chi connectivity index (χ0v) is 37.4. The number of carbonyl (C=O) groups is 1. The zero-order valence-electron chi connectivity index (χ0n) is 35.8. The Balaban J connectivity index is 0.980. The summed E-state index contributed by atoms with van der Waals surface area (Å²) in [5.41, 5.74) is 5.30. The molecule has 1 aromatic rings. The van der Waals surface area contributed by atoms with Crippen LogP contribution in [0.25, 0.3) is 5.57 Å². The average molecular weight is 822 g/mol. The second-order valence-electron chi connectivity index (χ2n) is 21.4. The normalized spacial score (nSPS) is 39.8. The highest BCUT2D eigenvalue weighted by Crippen LogP contribution is 2.77. The van der Waals surface area contributed by atoms with Gasteiger partial charge in [0, 0.05) is 25.2 Å². The zero-order chi connectivity index (χ0) is 40.8. The Morgan fingerprint density at radius 2 is 1.58 bits per heavy atom. The van der Waals surface area contributed by atoms with Crippen molar-refractivity contribution in [2.75, 3.05) is 44.2 Å². The maximum absolute atomic E-state index is 12.9. The fraction of sp³-hybridized carbons (Fsp3) is 0.766. The second kappa shape index (κ2) is 14.6. The molecule has 57 heavy (non-hydrogen) atoms. The summed E-state index contributed by atoms with van der Waals surface area (Å²) in [6, 6.07) is 7.65. The van der Waals surface area contributed by atoms with Crippen LogP contribution in [0.4, 0.5) is 0 Å². The topological polar surface area (TPSA) is 113 Å². The molecule has 0 bridgehead atoms. The lowest BCUT2D eigenvalue weighted by Crippen LogP contribution is -2.65. The summed E-state index contributed by atoms with van der Waals surface area (Å²) in [5, 5.41) is 3.55. The number of fused-ring (bicyclic) bond motifs is 7. The molecule has 7 aliphatic rings. The molecule has 2 N–H and O–H groups in total. The van der Waals surface area contributed by atoms with E-state index in [1.54, 1.807) is 12.1 Å². The van der Waals surface area contributed by atoms with Crippen molar-refractivity contribution in [2.24, 2.45) is 56.7 Å². The van der Waals surface area contributed by atoms with E-state index < -0.39 is 31.0 Å². The lowest BCUT2D eigenvalue weighted by Gasteiger charge is -2.72. The van der Waals surface area contributed by atoms with Gasteiger partial charge in [-0.25, -0.2) is 21.6 Å². The average Bonchev–Trinajstić information content (AvgIpc) is 3.94. The van der Waals surface area contributed by atoms with Gasteiger partial charge in [0.15, 0.2) is 9.84 Å². The number of nitrogens with zero attached hydrogens (tertiary/aromatic N) is 1. The van der Waals surface area contributed by atoms with Gasteiger partial charge in [0.2, 0.25) is 10.0 Å². The van der Waals surface area contributed by atoms with Gasteiger partial charge in [-0.05, 0) is 177 Å². The molecule has 6 aliphatic carbocycles. The summed E-state index contributed by atoms with van der Waals surface area (Å²) in [6.07, 6.45) is 16.2. The van der Waals surface area contributed by atoms with Gasteiger partial charge in [-0.15, -0.1) is 0 Å². The number of carbonyl (C=O) groups excluding carboxylic acids is 1. The van der Waals surface area contributed by atoms with Gasteiger partial charge in [0.25, 0.3) is 5.91 Å². The molecule has 1 aromatic carbocycles. The number of hydrogen-bond donors (Lipinski definition) is 2. The molecule has 0 aromatic heterocycles. The van der Waals surface area contributed by atoms with Crippen molar-refractivity contribution in [1.82, 2.24) is 14.9 Å². The minimum Gasteiger partial charge on any atom is -0.316 e. The molecule has 10 heteroatoms. The minimum absolute atomic E-state index is 0.0409. The predicted molar refractivity (Wildman–Crippen MR) is 231 cm³/mol. The van der Waals surface area contributed by atoms with E-state index in [-0.39, 0.29) is 21.7 Å². The lowest BCUT2D eigenvalue weighted by atomic mass is 9.32. The molecule has 1 amide bonds. The molecule has 0 radical (unpaired) electrons. The molecule has 1 heterocycles. The van der Waals surface area contributed by atoms with Crippen molar-refractivity contribution in [3.63, 3.8) is 0 Å². The predicted octanol–water partition coefficient (Wildman–Crippen LogP) is 8.27. The maximum Gasteiger partial charge on any atom is 0.264 e. The van der Waals surface area contributed by atoms with E-state index >= 15 is 0 Å². The van der Waals surface area contributed by atoms with E-state index in [0.29, 0.717) is 78.0 Å². The number of amides is 1. The van der Waals surface area contributed by atoms with Gasteiger partial charge in [-0.1, -0.05) is 65.0 Å². The maximum atomic E-state index is 12.9. The Bertz CT molecular complexity index is 1990. The van der Waals surface area contributed by atoms with E-state index in [4.69, 9.17) is 0 Å². The van der Waals surface area contributed by atoms with Gasteiger partial charge in [0.05, 0.1) is 16.8 Å². The first-order valence-corrected chi connectivity index (χ1v) is 25.8. The fourth-order valence-electron chi connectivity index (χ4n) is 14.9. The number of allylic oxidation sites excluding steroid dienone is 3. The van der Waals surface area contributed by atoms with E-state index in [0.717, 1.165) is 38.0 Å². The molecular weight excluding hydrogens is 751 g/mol. The van der Waals surface area contributed by atoms with E-state index in [2.05, 4.69) is 69.1 Å². The van der Waals surface area contributed by atoms with Crippen molar-refractivity contribution in [3.05, 3.63) is 53.6 Å². The van der Waals surface area contributed by atoms with Gasteiger partial charge in [-0.3, -0.25) is 4.79 Å². The van der Waals surface area contributed by atoms with Crippen molar-refractivity contribution < 1.29 is 21.6 Å². The first-order valence-electron chi connectivity index (χ1n) is 22.4. The third-order valence-electron chi connectivity index (χ3n) is 18.2. The van der Waals surface area contributed by atoms with Crippen LogP contribution in [0.3, 0.4) is 0 Å². The molecule has 8 nitrogen and oxygen atoms in total. The standard InChI is InChI=1S/C47H71N3O5S2/c1-32(2)36-17-22-47(31-48-25-8-26-50-27-29-56(52,53)30-28-50)24-23-45(6)38(41(36)47)15-16-40-44(5)20-18-37(43(3,4)39(44)19-21-46(40,45)7)33-9-11-34(12-10-33)42(51)49-57(54,55)35-13-14-35/h9-12,18,35-36,38-41,48H,1,8,13-17,19-31H2,2-7H3,(H,49,51)/t36-,38+,39-,40+,41+,44-,45+,46+,47+/m0/s1. The van der Waals surface area contributed by atoms with Crippen molar-refractivity contribution >= 4 is 31.3 Å². The Morgan fingerprint density at radius 1 is 0.877 bits per heavy atom. The molecule has 6 fully saturated rings. The number of rotatable bonds is 11. The van der Waals surface area contributed by atoms with Crippen molar-refractivity contribution in [3.8, 4) is 0 Å². The summed E-state index contributed by atoms with van der Waals surface area (Å²) in [4.78, 5) is 15.2. The van der Waals surface area contributed by atoms with E-state index in [9.17, 15) is 21.6 Å². The Labute approximate surface area is 344 Å². The quantitative estimate of drug-likeness (QED) is 0.171. The van der Waals surface area contributed by atoms with Crippen molar-refractivity contribution in [1.29, 1.82) is 0 Å². The molecule has 0 unspecified atom stereocenters. The van der Waals surface area contributed by atoms with Crippen LogP contribution in [0, 0.1) is 56.7 Å². The number of benzene rings is 1. The highest BCUT2D eigenvalue weighted by Gasteiger charge is 2.70. The largest absolute Gasteiger partial charge is 0.316 e. The van der Waals surface area contributed by atoms with Crippen LogP contribution in [-0.4, -0.2) is 77.1 Å².